The minimum Gasteiger partial charge on any atom is -0.446 e. The molecule has 0 aromatic heterocycles. The molecule has 0 unspecified atom stereocenters. The van der Waals surface area contributed by atoms with Crippen LogP contribution in [0.1, 0.15) is 32.4 Å². The number of carbonyl (C=O) groups is 3. The summed E-state index contributed by atoms with van der Waals surface area (Å²) in [5.41, 5.74) is -0.0702. The molecule has 0 saturated carbocycles. The van der Waals surface area contributed by atoms with E-state index in [1.54, 1.807) is 4.90 Å². The molecule has 3 saturated heterocycles. The summed E-state index contributed by atoms with van der Waals surface area (Å²) in [7, 11) is 0. The molecular weight excluding hydrogens is 374 g/mol. The van der Waals surface area contributed by atoms with Gasteiger partial charge in [0.25, 0.3) is 0 Å². The lowest BCUT2D eigenvalue weighted by molar-refractivity contribution is -0.141. The highest BCUT2D eigenvalue weighted by Gasteiger charge is 2.58. The molecule has 1 aromatic carbocycles. The lowest BCUT2D eigenvalue weighted by Gasteiger charge is -2.50. The van der Waals surface area contributed by atoms with Crippen LogP contribution in [0.2, 0.25) is 0 Å². The summed E-state index contributed by atoms with van der Waals surface area (Å²) < 4.78 is 10.6. The topological polar surface area (TPSA) is 88.2 Å². The Morgan fingerprint density at radius 3 is 2.55 bits per heavy atom. The predicted octanol–water partition coefficient (Wildman–Crippen LogP) is 2.16. The van der Waals surface area contributed by atoms with Gasteiger partial charge in [-0.05, 0) is 26.3 Å². The van der Waals surface area contributed by atoms with Crippen LogP contribution in [0.4, 0.5) is 9.59 Å². The van der Waals surface area contributed by atoms with Gasteiger partial charge < -0.3 is 19.7 Å². The molecule has 1 N–H and O–H groups in total. The highest BCUT2D eigenvalue weighted by Crippen LogP contribution is 2.43. The maximum Gasteiger partial charge on any atom is 0.417 e. The lowest BCUT2D eigenvalue weighted by atomic mass is 9.71. The first kappa shape index (κ1) is 19.7. The van der Waals surface area contributed by atoms with Crippen molar-refractivity contribution >= 4 is 18.1 Å². The molecular formula is C21H27N3O5. The number of ether oxygens (including phenoxy) is 2. The highest BCUT2D eigenvalue weighted by molar-refractivity contribution is 5.96. The number of hydrogen-bond donors (Lipinski definition) is 1. The molecule has 156 valence electrons. The molecule has 0 bridgehead atoms. The van der Waals surface area contributed by atoms with E-state index < -0.39 is 23.7 Å². The van der Waals surface area contributed by atoms with Crippen LogP contribution in [0, 0.1) is 11.3 Å². The predicted molar refractivity (Wildman–Crippen MR) is 104 cm³/mol. The molecule has 4 rings (SSSR count). The molecule has 3 aliphatic rings. The van der Waals surface area contributed by atoms with Gasteiger partial charge >= 0.3 is 12.2 Å². The lowest BCUT2D eigenvalue weighted by Crippen LogP contribution is -2.64. The Morgan fingerprint density at radius 1 is 1.21 bits per heavy atom. The Balaban J connectivity index is 1.48. The van der Waals surface area contributed by atoms with Gasteiger partial charge in [0.15, 0.2) is 0 Å². The number of benzene rings is 1. The van der Waals surface area contributed by atoms with Crippen molar-refractivity contribution in [3.8, 4) is 0 Å². The van der Waals surface area contributed by atoms with Crippen molar-refractivity contribution in [2.45, 2.75) is 32.4 Å². The maximum absolute atomic E-state index is 13.4. The van der Waals surface area contributed by atoms with Crippen LogP contribution in [-0.2, 0) is 14.3 Å². The fourth-order valence-corrected chi connectivity index (χ4v) is 4.41. The van der Waals surface area contributed by atoms with Crippen molar-refractivity contribution in [1.29, 1.82) is 0 Å². The van der Waals surface area contributed by atoms with E-state index in [9.17, 15) is 14.4 Å². The largest absolute Gasteiger partial charge is 0.446 e. The number of rotatable bonds is 2. The first-order chi connectivity index (χ1) is 13.7. The Labute approximate surface area is 170 Å². The van der Waals surface area contributed by atoms with Gasteiger partial charge in [-0.3, -0.25) is 4.79 Å². The van der Waals surface area contributed by atoms with Gasteiger partial charge in [-0.25, -0.2) is 14.5 Å². The van der Waals surface area contributed by atoms with Crippen LogP contribution in [0.5, 0.6) is 0 Å². The van der Waals surface area contributed by atoms with E-state index in [0.29, 0.717) is 26.2 Å². The Bertz CT molecular complexity index is 813. The van der Waals surface area contributed by atoms with E-state index in [-0.39, 0.29) is 24.0 Å². The minimum atomic E-state index is -0.603. The summed E-state index contributed by atoms with van der Waals surface area (Å²) in [4.78, 5) is 41.0. The van der Waals surface area contributed by atoms with Gasteiger partial charge in [-0.1, -0.05) is 30.3 Å². The third kappa shape index (κ3) is 3.57. The van der Waals surface area contributed by atoms with Crippen molar-refractivity contribution in [3.05, 3.63) is 35.9 Å². The average Bonchev–Trinajstić information content (AvgIpc) is 3.23. The molecule has 29 heavy (non-hydrogen) atoms. The molecule has 8 heteroatoms. The number of carbonyl (C=O) groups excluding carboxylic acids is 3. The molecule has 3 heterocycles. The summed E-state index contributed by atoms with van der Waals surface area (Å²) in [5, 5.41) is 3.27. The number of amides is 3. The fraction of sp³-hybridized carbons (Fsp3) is 0.571. The van der Waals surface area contributed by atoms with Crippen LogP contribution >= 0.6 is 0 Å². The first-order valence-electron chi connectivity index (χ1n) is 9.94. The van der Waals surface area contributed by atoms with Crippen molar-refractivity contribution in [2.24, 2.45) is 11.3 Å². The molecule has 1 aromatic rings. The van der Waals surface area contributed by atoms with E-state index >= 15 is 0 Å². The minimum absolute atomic E-state index is 0.159. The Morgan fingerprint density at radius 2 is 1.90 bits per heavy atom. The third-order valence-electron chi connectivity index (χ3n) is 5.82. The van der Waals surface area contributed by atoms with Crippen LogP contribution in [0.3, 0.4) is 0 Å². The fourth-order valence-electron chi connectivity index (χ4n) is 4.41. The van der Waals surface area contributed by atoms with Gasteiger partial charge in [0.1, 0.15) is 18.2 Å². The van der Waals surface area contributed by atoms with Crippen molar-refractivity contribution in [2.75, 3.05) is 32.8 Å². The summed E-state index contributed by atoms with van der Waals surface area (Å²) in [6.07, 6.45) is -0.974. The van der Waals surface area contributed by atoms with E-state index in [1.807, 2.05) is 51.1 Å². The molecule has 0 aliphatic carbocycles. The zero-order valence-electron chi connectivity index (χ0n) is 17.0. The van der Waals surface area contributed by atoms with Gasteiger partial charge in [-0.2, -0.15) is 0 Å². The van der Waals surface area contributed by atoms with Crippen molar-refractivity contribution in [1.82, 2.24) is 15.1 Å². The standard InChI is InChI=1S/C21H27N3O5/c1-20(2,3)29-18(26)23-12-21(13-23)11-22-9-15(21)17(25)24-16(10-28-19(24)27)14-7-5-4-6-8-14/h4-8,15-16,22H,9-13H2,1-3H3/t15-,16-/m0/s1. The number of nitrogens with one attached hydrogen (secondary N) is 1. The van der Waals surface area contributed by atoms with Crippen LogP contribution in [0.15, 0.2) is 30.3 Å². The van der Waals surface area contributed by atoms with E-state index in [4.69, 9.17) is 9.47 Å². The molecule has 3 aliphatic heterocycles. The zero-order valence-corrected chi connectivity index (χ0v) is 17.0. The van der Waals surface area contributed by atoms with Crippen LogP contribution in [-0.4, -0.2) is 66.3 Å². The van der Waals surface area contributed by atoms with Crippen molar-refractivity contribution < 1.29 is 23.9 Å². The molecule has 0 radical (unpaired) electrons. The Kier molecular flexibility index (Phi) is 4.77. The molecule has 2 atom stereocenters. The number of nitrogens with zero attached hydrogens (tertiary/aromatic N) is 2. The van der Waals surface area contributed by atoms with Crippen molar-refractivity contribution in [3.63, 3.8) is 0 Å². The monoisotopic (exact) mass is 401 g/mol. The average molecular weight is 401 g/mol. The first-order valence-corrected chi connectivity index (χ1v) is 9.94. The molecule has 3 fully saturated rings. The summed E-state index contributed by atoms with van der Waals surface area (Å²) in [6.45, 7) is 7.61. The highest BCUT2D eigenvalue weighted by atomic mass is 16.6. The van der Waals surface area contributed by atoms with Gasteiger partial charge in [0.05, 0.1) is 5.92 Å². The van der Waals surface area contributed by atoms with E-state index in [0.717, 1.165) is 5.56 Å². The van der Waals surface area contributed by atoms with E-state index in [1.165, 1.54) is 4.90 Å². The summed E-state index contributed by atoms with van der Waals surface area (Å²) >= 11 is 0. The molecule has 8 nitrogen and oxygen atoms in total. The number of hydrogen-bond acceptors (Lipinski definition) is 6. The maximum atomic E-state index is 13.4. The third-order valence-corrected chi connectivity index (χ3v) is 5.82. The molecule has 3 amide bonds. The second-order valence-corrected chi connectivity index (χ2v) is 9.09. The SMILES string of the molecule is CC(C)(C)OC(=O)N1CC2(CNC[C@H]2C(=O)N2C(=O)OC[C@H]2c2ccccc2)C1. The number of imide groups is 1. The van der Waals surface area contributed by atoms with Gasteiger partial charge in [0, 0.05) is 31.6 Å². The van der Waals surface area contributed by atoms with Crippen LogP contribution < -0.4 is 5.32 Å². The number of likely N-dealkylation sites (tertiary alicyclic amines) is 1. The second kappa shape index (κ2) is 7.02. The molecule has 1 spiro atoms. The van der Waals surface area contributed by atoms with Gasteiger partial charge in [-0.15, -0.1) is 0 Å². The summed E-state index contributed by atoms with van der Waals surface area (Å²) in [6, 6.07) is 9.01. The number of cyclic esters (lactones) is 1. The van der Waals surface area contributed by atoms with E-state index in [2.05, 4.69) is 5.32 Å². The smallest absolute Gasteiger partial charge is 0.417 e. The second-order valence-electron chi connectivity index (χ2n) is 9.09. The Hall–Kier alpha value is -2.61. The van der Waals surface area contributed by atoms with Crippen LogP contribution in [0.25, 0.3) is 0 Å². The normalized spacial score (nSPS) is 25.7. The summed E-state index contributed by atoms with van der Waals surface area (Å²) in [5.74, 6) is -0.631. The zero-order chi connectivity index (χ0) is 20.8. The van der Waals surface area contributed by atoms with Gasteiger partial charge in [0.2, 0.25) is 5.91 Å². The quantitative estimate of drug-likeness (QED) is 0.817.